The molecule has 2 rings (SSSR count). The molecule has 0 amide bonds. The zero-order valence-electron chi connectivity index (χ0n) is 10.3. The number of rotatable bonds is 5. The molecule has 1 saturated carbocycles. The number of hydrogen-bond acceptors (Lipinski definition) is 4. The fourth-order valence-corrected chi connectivity index (χ4v) is 3.32. The monoisotopic (exact) mass is 269 g/mol. The van der Waals surface area contributed by atoms with E-state index in [1.54, 1.807) is 11.4 Å². The highest BCUT2D eigenvalue weighted by Crippen LogP contribution is 2.24. The zero-order chi connectivity index (χ0) is 13.0. The van der Waals surface area contributed by atoms with Crippen LogP contribution in [0.4, 0.5) is 0 Å². The lowest BCUT2D eigenvalue weighted by atomic mass is 9.85. The Morgan fingerprint density at radius 2 is 2.22 bits per heavy atom. The first-order chi connectivity index (χ1) is 8.70. The second kappa shape index (κ2) is 6.31. The largest absolute Gasteiger partial charge is 0.478 e. The average molecular weight is 269 g/mol. The average Bonchev–Trinajstić information content (AvgIpc) is 2.85. The highest BCUT2D eigenvalue weighted by molar-refractivity contribution is 7.10. The third-order valence-electron chi connectivity index (χ3n) is 3.58. The van der Waals surface area contributed by atoms with Crippen molar-refractivity contribution < 1.29 is 15.0 Å². The van der Waals surface area contributed by atoms with Crippen LogP contribution in [0.25, 0.3) is 0 Å². The normalized spacial score (nSPS) is 24.1. The van der Waals surface area contributed by atoms with Gasteiger partial charge in [-0.25, -0.2) is 4.79 Å². The minimum Gasteiger partial charge on any atom is -0.478 e. The number of carboxylic acid groups (broad SMARTS) is 1. The van der Waals surface area contributed by atoms with Crippen molar-refractivity contribution in [3.05, 3.63) is 21.9 Å². The van der Waals surface area contributed by atoms with Crippen LogP contribution in [0.2, 0.25) is 0 Å². The molecule has 2 atom stereocenters. The maximum atomic E-state index is 10.8. The van der Waals surface area contributed by atoms with Gasteiger partial charge in [-0.3, -0.25) is 0 Å². The van der Waals surface area contributed by atoms with Gasteiger partial charge < -0.3 is 15.5 Å². The summed E-state index contributed by atoms with van der Waals surface area (Å²) in [7, 11) is 0. The topological polar surface area (TPSA) is 69.6 Å². The lowest BCUT2D eigenvalue weighted by molar-refractivity contribution is 0.0697. The number of hydrogen-bond donors (Lipinski definition) is 3. The molecule has 5 heteroatoms. The number of nitrogens with one attached hydrogen (secondary N) is 1. The van der Waals surface area contributed by atoms with Crippen LogP contribution in [-0.2, 0) is 6.54 Å². The predicted molar refractivity (Wildman–Crippen MR) is 70.9 cm³/mol. The number of thiophene rings is 1. The SMILES string of the molecule is O=C(O)c1csc(CNC2CCCCC2CO)c1. The van der Waals surface area contributed by atoms with E-state index in [1.807, 2.05) is 0 Å². The third-order valence-corrected chi connectivity index (χ3v) is 4.52. The van der Waals surface area contributed by atoms with Crippen molar-refractivity contribution in [1.82, 2.24) is 5.32 Å². The lowest BCUT2D eigenvalue weighted by Crippen LogP contribution is -2.39. The second-order valence-electron chi connectivity index (χ2n) is 4.82. The summed E-state index contributed by atoms with van der Waals surface area (Å²) >= 11 is 1.47. The van der Waals surface area contributed by atoms with Gasteiger partial charge in [0.25, 0.3) is 0 Å². The van der Waals surface area contributed by atoms with Crippen LogP contribution in [-0.4, -0.2) is 28.8 Å². The van der Waals surface area contributed by atoms with Crippen LogP contribution in [0.5, 0.6) is 0 Å². The lowest BCUT2D eigenvalue weighted by Gasteiger charge is -2.30. The van der Waals surface area contributed by atoms with Crippen LogP contribution in [0.1, 0.15) is 40.9 Å². The van der Waals surface area contributed by atoms with Crippen molar-refractivity contribution in [3.8, 4) is 0 Å². The van der Waals surface area contributed by atoms with Crippen molar-refractivity contribution in [3.63, 3.8) is 0 Å². The van der Waals surface area contributed by atoms with E-state index in [-0.39, 0.29) is 6.61 Å². The number of aromatic carboxylic acids is 1. The van der Waals surface area contributed by atoms with Crippen molar-refractivity contribution in [1.29, 1.82) is 0 Å². The van der Waals surface area contributed by atoms with Crippen molar-refractivity contribution >= 4 is 17.3 Å². The van der Waals surface area contributed by atoms with Gasteiger partial charge in [0.05, 0.1) is 5.56 Å². The van der Waals surface area contributed by atoms with Gasteiger partial charge in [-0.05, 0) is 24.8 Å². The van der Waals surface area contributed by atoms with Crippen molar-refractivity contribution in [2.24, 2.45) is 5.92 Å². The molecular formula is C13H19NO3S. The molecular weight excluding hydrogens is 250 g/mol. The first-order valence-corrected chi connectivity index (χ1v) is 7.23. The molecule has 1 heterocycles. The van der Waals surface area contributed by atoms with E-state index in [0.717, 1.165) is 17.7 Å². The summed E-state index contributed by atoms with van der Waals surface area (Å²) in [5, 5.41) is 23.3. The molecule has 3 N–H and O–H groups in total. The molecule has 1 aliphatic rings. The molecule has 1 aromatic heterocycles. The molecule has 100 valence electrons. The Hall–Kier alpha value is -0.910. The Labute approximate surface area is 111 Å². The van der Waals surface area contributed by atoms with Gasteiger partial charge >= 0.3 is 5.97 Å². The van der Waals surface area contributed by atoms with Crippen LogP contribution in [0.3, 0.4) is 0 Å². The van der Waals surface area contributed by atoms with Crippen LogP contribution >= 0.6 is 11.3 Å². The number of carboxylic acids is 1. The molecule has 0 aromatic carbocycles. The Morgan fingerprint density at radius 3 is 2.89 bits per heavy atom. The molecule has 0 spiro atoms. The first-order valence-electron chi connectivity index (χ1n) is 6.35. The van der Waals surface area contributed by atoms with E-state index in [1.165, 1.54) is 24.2 Å². The van der Waals surface area contributed by atoms with Crippen LogP contribution in [0, 0.1) is 5.92 Å². The van der Waals surface area contributed by atoms with E-state index in [4.69, 9.17) is 5.11 Å². The minimum absolute atomic E-state index is 0.239. The molecule has 1 aromatic rings. The molecule has 4 nitrogen and oxygen atoms in total. The second-order valence-corrected chi connectivity index (χ2v) is 5.82. The van der Waals surface area contributed by atoms with Gasteiger partial charge in [0.15, 0.2) is 0 Å². The van der Waals surface area contributed by atoms with E-state index >= 15 is 0 Å². The standard InChI is InChI=1S/C13H19NO3S/c15-7-9-3-1-2-4-12(9)14-6-11-5-10(8-18-11)13(16)17/h5,8-9,12,14-15H,1-4,6-7H2,(H,16,17). The maximum absolute atomic E-state index is 10.8. The Balaban J connectivity index is 1.87. The van der Waals surface area contributed by atoms with E-state index in [2.05, 4.69) is 5.32 Å². The quantitative estimate of drug-likeness (QED) is 0.765. The minimum atomic E-state index is -0.872. The molecule has 1 fully saturated rings. The molecule has 1 aliphatic carbocycles. The van der Waals surface area contributed by atoms with Crippen LogP contribution in [0.15, 0.2) is 11.4 Å². The Morgan fingerprint density at radius 1 is 1.44 bits per heavy atom. The van der Waals surface area contributed by atoms with Gasteiger partial charge in [-0.1, -0.05) is 12.8 Å². The molecule has 0 bridgehead atoms. The third kappa shape index (κ3) is 3.31. The molecule has 2 unspecified atom stereocenters. The fraction of sp³-hybridized carbons (Fsp3) is 0.615. The van der Waals surface area contributed by atoms with Gasteiger partial charge in [0.1, 0.15) is 0 Å². The summed E-state index contributed by atoms with van der Waals surface area (Å²) in [6.45, 7) is 0.932. The molecule has 0 saturated heterocycles. The molecule has 0 radical (unpaired) electrons. The summed E-state index contributed by atoms with van der Waals surface area (Å²) in [6.07, 6.45) is 4.59. The number of aliphatic hydroxyl groups excluding tert-OH is 1. The van der Waals surface area contributed by atoms with E-state index < -0.39 is 5.97 Å². The fourth-order valence-electron chi connectivity index (χ4n) is 2.51. The number of aliphatic hydroxyl groups is 1. The smallest absolute Gasteiger partial charge is 0.336 e. The van der Waals surface area contributed by atoms with Gasteiger partial charge in [-0.2, -0.15) is 0 Å². The highest BCUT2D eigenvalue weighted by atomic mass is 32.1. The van der Waals surface area contributed by atoms with Crippen molar-refractivity contribution in [2.45, 2.75) is 38.3 Å². The Bertz CT molecular complexity index is 405. The summed E-state index contributed by atoms with van der Waals surface area (Å²) in [5.41, 5.74) is 0.360. The van der Waals surface area contributed by atoms with Gasteiger partial charge in [0.2, 0.25) is 0 Å². The van der Waals surface area contributed by atoms with Crippen molar-refractivity contribution in [2.75, 3.05) is 6.61 Å². The predicted octanol–water partition coefficient (Wildman–Crippen LogP) is 2.09. The summed E-state index contributed by atoms with van der Waals surface area (Å²) in [4.78, 5) is 11.8. The summed E-state index contributed by atoms with van der Waals surface area (Å²) in [6, 6.07) is 2.08. The van der Waals surface area contributed by atoms with E-state index in [0.29, 0.717) is 24.1 Å². The summed E-state index contributed by atoms with van der Waals surface area (Å²) < 4.78 is 0. The van der Waals surface area contributed by atoms with E-state index in [9.17, 15) is 9.90 Å². The number of carbonyl (C=O) groups is 1. The maximum Gasteiger partial charge on any atom is 0.336 e. The molecule has 18 heavy (non-hydrogen) atoms. The Kier molecular flexibility index (Phi) is 4.74. The first kappa shape index (κ1) is 13.5. The van der Waals surface area contributed by atoms with Crippen LogP contribution < -0.4 is 5.32 Å². The van der Waals surface area contributed by atoms with Gasteiger partial charge in [0, 0.05) is 29.5 Å². The zero-order valence-corrected chi connectivity index (χ0v) is 11.1. The summed E-state index contributed by atoms with van der Waals surface area (Å²) in [5.74, 6) is -0.527. The highest BCUT2D eigenvalue weighted by Gasteiger charge is 2.23. The van der Waals surface area contributed by atoms with Gasteiger partial charge in [-0.15, -0.1) is 11.3 Å². The molecule has 0 aliphatic heterocycles.